The van der Waals surface area contributed by atoms with Crippen LogP contribution in [0.3, 0.4) is 0 Å². The second-order valence-corrected chi connectivity index (χ2v) is 10.4. The van der Waals surface area contributed by atoms with Crippen molar-refractivity contribution in [2.75, 3.05) is 13.1 Å². The summed E-state index contributed by atoms with van der Waals surface area (Å²) in [5, 5.41) is 6.31. The first-order valence-electron chi connectivity index (χ1n) is 10.9. The zero-order chi connectivity index (χ0) is 21.7. The molecule has 2 aromatic rings. The Kier molecular flexibility index (Phi) is 7.53. The number of nitrogens with zero attached hydrogens (tertiary/aromatic N) is 2. The van der Waals surface area contributed by atoms with Gasteiger partial charge in [-0.25, -0.2) is 4.98 Å². The fraction of sp³-hybridized carbons (Fsp3) is 0.583. The van der Waals surface area contributed by atoms with Crippen molar-refractivity contribution < 1.29 is 9.53 Å². The highest BCUT2D eigenvalue weighted by Gasteiger charge is 2.33. The van der Waals surface area contributed by atoms with Gasteiger partial charge in [0.1, 0.15) is 10.8 Å². The molecule has 1 aromatic carbocycles. The molecule has 1 saturated heterocycles. The summed E-state index contributed by atoms with van der Waals surface area (Å²) in [6.07, 6.45) is 4.14. The van der Waals surface area contributed by atoms with Gasteiger partial charge in [-0.15, -0.1) is 11.3 Å². The highest BCUT2D eigenvalue weighted by atomic mass is 32.1. The number of carbonyl (C=O) groups is 1. The van der Waals surface area contributed by atoms with Crippen LogP contribution in [-0.2, 0) is 11.3 Å². The molecule has 0 aliphatic carbocycles. The van der Waals surface area contributed by atoms with Gasteiger partial charge in [0.2, 0.25) is 5.91 Å². The lowest BCUT2D eigenvalue weighted by Crippen LogP contribution is -2.43. The number of nitrogens with one attached hydrogen (secondary N) is 1. The van der Waals surface area contributed by atoms with Gasteiger partial charge in [0.15, 0.2) is 0 Å². The minimum atomic E-state index is -0.401. The average Bonchev–Trinajstić information content (AvgIpc) is 3.21. The Labute approximate surface area is 184 Å². The predicted octanol–water partition coefficient (Wildman–Crippen LogP) is 5.05. The molecule has 1 amide bonds. The number of benzene rings is 1. The van der Waals surface area contributed by atoms with Crippen molar-refractivity contribution >= 4 is 17.2 Å². The zero-order valence-corrected chi connectivity index (χ0v) is 19.7. The van der Waals surface area contributed by atoms with Gasteiger partial charge < -0.3 is 10.1 Å². The lowest BCUT2D eigenvalue weighted by atomic mass is 9.87. The molecule has 0 spiro atoms. The first-order chi connectivity index (χ1) is 14.2. The largest absolute Gasteiger partial charge is 0.491 e. The second-order valence-electron chi connectivity index (χ2n) is 9.50. The topological polar surface area (TPSA) is 54.5 Å². The maximum atomic E-state index is 12.7. The monoisotopic (exact) mass is 429 g/mol. The van der Waals surface area contributed by atoms with Crippen LogP contribution in [0.1, 0.15) is 64.1 Å². The van der Waals surface area contributed by atoms with Gasteiger partial charge >= 0.3 is 0 Å². The Hall–Kier alpha value is -1.92. The molecule has 2 heterocycles. The zero-order valence-electron chi connectivity index (χ0n) is 18.9. The van der Waals surface area contributed by atoms with Crippen LogP contribution in [0, 0.1) is 11.3 Å². The second kappa shape index (κ2) is 9.92. The van der Waals surface area contributed by atoms with Crippen LogP contribution < -0.4 is 10.1 Å². The Bertz CT molecular complexity index is 789. The van der Waals surface area contributed by atoms with Crippen LogP contribution in [0.15, 0.2) is 35.8 Å². The number of piperidine rings is 1. The normalized spacial score (nSPS) is 17.1. The van der Waals surface area contributed by atoms with Gasteiger partial charge in [-0.3, -0.25) is 9.69 Å². The lowest BCUT2D eigenvalue weighted by molar-refractivity contribution is -0.129. The lowest BCUT2D eigenvalue weighted by Gasteiger charge is -2.36. The third-order valence-electron chi connectivity index (χ3n) is 5.49. The van der Waals surface area contributed by atoms with E-state index in [9.17, 15) is 4.79 Å². The van der Waals surface area contributed by atoms with Crippen molar-refractivity contribution in [1.29, 1.82) is 0 Å². The summed E-state index contributed by atoms with van der Waals surface area (Å²) in [6, 6.07) is 8.44. The Morgan fingerprint density at radius 2 is 1.90 bits per heavy atom. The molecule has 1 aliphatic rings. The van der Waals surface area contributed by atoms with E-state index in [1.807, 2.05) is 46.2 Å². The van der Waals surface area contributed by atoms with E-state index in [0.29, 0.717) is 5.92 Å². The van der Waals surface area contributed by atoms with E-state index in [1.54, 1.807) is 11.3 Å². The molecule has 6 heteroatoms. The van der Waals surface area contributed by atoms with E-state index in [1.165, 1.54) is 5.56 Å². The fourth-order valence-corrected chi connectivity index (χ4v) is 4.56. The van der Waals surface area contributed by atoms with Crippen molar-refractivity contribution in [2.24, 2.45) is 11.3 Å². The van der Waals surface area contributed by atoms with E-state index < -0.39 is 5.41 Å². The van der Waals surface area contributed by atoms with Gasteiger partial charge in [0.05, 0.1) is 12.1 Å². The SMILES string of the molecule is CC(C)Oc1ccc(CN2CCC(C(NC(=O)C(C)(C)C)c3nccs3)CC2)cc1. The molecule has 1 N–H and O–H groups in total. The number of ether oxygens (including phenoxy) is 1. The number of amides is 1. The summed E-state index contributed by atoms with van der Waals surface area (Å²) in [7, 11) is 0. The molecular formula is C24H35N3O2S. The molecule has 3 rings (SSSR count). The van der Waals surface area contributed by atoms with Crippen LogP contribution in [0.4, 0.5) is 0 Å². The summed E-state index contributed by atoms with van der Waals surface area (Å²) in [5.41, 5.74) is 0.906. The highest BCUT2D eigenvalue weighted by Crippen LogP contribution is 2.33. The highest BCUT2D eigenvalue weighted by molar-refractivity contribution is 7.09. The van der Waals surface area contributed by atoms with Crippen LogP contribution in [-0.4, -0.2) is 35.0 Å². The minimum absolute atomic E-state index is 0.00587. The molecule has 1 atom stereocenters. The molecule has 164 valence electrons. The van der Waals surface area contributed by atoms with Crippen LogP contribution in [0.2, 0.25) is 0 Å². The Morgan fingerprint density at radius 1 is 1.23 bits per heavy atom. The number of aromatic nitrogens is 1. The van der Waals surface area contributed by atoms with Crippen LogP contribution in [0.25, 0.3) is 0 Å². The maximum Gasteiger partial charge on any atom is 0.225 e. The van der Waals surface area contributed by atoms with Crippen molar-refractivity contribution in [3.8, 4) is 5.75 Å². The standard InChI is InChI=1S/C24H35N3O2S/c1-17(2)29-20-8-6-18(7-9-20)16-27-13-10-19(11-14-27)21(22-25-12-15-30-22)26-23(28)24(3,4)5/h6-9,12,15,17,19,21H,10-11,13-14,16H2,1-5H3,(H,26,28). The summed E-state index contributed by atoms with van der Waals surface area (Å²) in [6.45, 7) is 13.0. The van der Waals surface area contributed by atoms with E-state index in [2.05, 4.69) is 39.5 Å². The van der Waals surface area contributed by atoms with Crippen molar-refractivity contribution in [1.82, 2.24) is 15.2 Å². The minimum Gasteiger partial charge on any atom is -0.491 e. The summed E-state index contributed by atoms with van der Waals surface area (Å²) in [4.78, 5) is 19.7. The van der Waals surface area contributed by atoms with Gasteiger partial charge in [-0.1, -0.05) is 32.9 Å². The van der Waals surface area contributed by atoms with E-state index in [-0.39, 0.29) is 18.1 Å². The van der Waals surface area contributed by atoms with Crippen molar-refractivity contribution in [3.63, 3.8) is 0 Å². The summed E-state index contributed by atoms with van der Waals surface area (Å²) in [5.74, 6) is 1.43. The first-order valence-corrected chi connectivity index (χ1v) is 11.8. The average molecular weight is 430 g/mol. The quantitative estimate of drug-likeness (QED) is 0.669. The molecule has 0 radical (unpaired) electrons. The number of likely N-dealkylation sites (tertiary alicyclic amines) is 1. The predicted molar refractivity (Wildman–Crippen MR) is 123 cm³/mol. The molecule has 1 fully saturated rings. The number of carbonyl (C=O) groups excluding carboxylic acids is 1. The number of hydrogen-bond acceptors (Lipinski definition) is 5. The molecule has 30 heavy (non-hydrogen) atoms. The van der Waals surface area contributed by atoms with Crippen LogP contribution in [0.5, 0.6) is 5.75 Å². The van der Waals surface area contributed by atoms with E-state index in [4.69, 9.17) is 4.74 Å². The molecule has 0 saturated carbocycles. The molecular weight excluding hydrogens is 394 g/mol. The van der Waals surface area contributed by atoms with Crippen molar-refractivity contribution in [3.05, 3.63) is 46.4 Å². The smallest absolute Gasteiger partial charge is 0.225 e. The van der Waals surface area contributed by atoms with Gasteiger partial charge in [0.25, 0.3) is 0 Å². The number of thiazole rings is 1. The Morgan fingerprint density at radius 3 is 2.43 bits per heavy atom. The molecule has 1 aromatic heterocycles. The molecule has 0 bridgehead atoms. The van der Waals surface area contributed by atoms with Crippen molar-refractivity contribution in [2.45, 2.75) is 66.2 Å². The number of rotatable bonds is 7. The molecule has 5 nitrogen and oxygen atoms in total. The van der Waals surface area contributed by atoms with Gasteiger partial charge in [-0.2, -0.15) is 0 Å². The van der Waals surface area contributed by atoms with E-state index in [0.717, 1.165) is 43.2 Å². The fourth-order valence-electron chi connectivity index (χ4n) is 3.78. The molecule has 1 aliphatic heterocycles. The third-order valence-corrected chi connectivity index (χ3v) is 6.35. The van der Waals surface area contributed by atoms with Crippen LogP contribution >= 0.6 is 11.3 Å². The first kappa shape index (κ1) is 22.8. The van der Waals surface area contributed by atoms with Gasteiger partial charge in [-0.05, 0) is 63.4 Å². The summed E-state index contributed by atoms with van der Waals surface area (Å²) >= 11 is 1.63. The maximum absolute atomic E-state index is 12.7. The molecule has 1 unspecified atom stereocenters. The number of hydrogen-bond donors (Lipinski definition) is 1. The van der Waals surface area contributed by atoms with Gasteiger partial charge in [0, 0.05) is 23.5 Å². The summed E-state index contributed by atoms with van der Waals surface area (Å²) < 4.78 is 5.74. The van der Waals surface area contributed by atoms with E-state index >= 15 is 0 Å². The Balaban J connectivity index is 1.57. The third kappa shape index (κ3) is 6.29.